The number of aromatic nitrogens is 2. The Kier molecular flexibility index (Phi) is 1.79. The van der Waals surface area contributed by atoms with Crippen LogP contribution in [0.15, 0.2) is 22.3 Å². The first kappa shape index (κ1) is 6.47. The summed E-state index contributed by atoms with van der Waals surface area (Å²) in [5.41, 5.74) is 0.233. The third-order valence-electron chi connectivity index (χ3n) is 0.906. The number of nitrogens with zero attached hydrogens (tertiary/aromatic N) is 2. The summed E-state index contributed by atoms with van der Waals surface area (Å²) in [6, 6.07) is 1.30. The molecule has 0 saturated heterocycles. The Hall–Kier alpha value is -1.65. The van der Waals surface area contributed by atoms with Crippen LogP contribution in [0.2, 0.25) is 0 Å². The van der Waals surface area contributed by atoms with Crippen molar-refractivity contribution < 1.29 is 0 Å². The fourth-order valence-corrected chi connectivity index (χ4v) is 0.531. The molecular weight excluding hydrogens is 132 g/mol. The van der Waals surface area contributed by atoms with Gasteiger partial charge >= 0.3 is 0 Å². The van der Waals surface area contributed by atoms with Gasteiger partial charge in [-0.1, -0.05) is 0 Å². The average Bonchev–Trinajstić information content (AvgIpc) is 1.88. The highest BCUT2D eigenvalue weighted by molar-refractivity contribution is 5.76. The maximum absolute atomic E-state index is 10.6. The third kappa shape index (κ3) is 1.41. The van der Waals surface area contributed by atoms with E-state index in [1.165, 1.54) is 18.6 Å². The maximum atomic E-state index is 10.6. The van der Waals surface area contributed by atoms with Crippen molar-refractivity contribution in [2.75, 3.05) is 0 Å². The van der Waals surface area contributed by atoms with Crippen LogP contribution in [0, 0.1) is 0 Å². The second kappa shape index (κ2) is 2.77. The molecule has 5 heteroatoms. The number of rotatable bonds is 1. The number of H-pyrrole nitrogens is 1. The molecule has 1 rings (SSSR count). The minimum Gasteiger partial charge on any atom is -0.323 e. The van der Waals surface area contributed by atoms with E-state index in [4.69, 9.17) is 5.84 Å². The van der Waals surface area contributed by atoms with Crippen molar-refractivity contribution in [1.82, 2.24) is 9.97 Å². The van der Waals surface area contributed by atoms with E-state index in [1.54, 1.807) is 0 Å². The number of nitrogens with two attached hydrogens (primary N) is 1. The van der Waals surface area contributed by atoms with Gasteiger partial charge in [-0.05, 0) is 0 Å². The Balaban J connectivity index is 3.07. The van der Waals surface area contributed by atoms with E-state index in [1.807, 2.05) is 0 Å². The normalized spacial score (nSPS) is 10.4. The lowest BCUT2D eigenvalue weighted by Gasteiger charge is -1.85. The summed E-state index contributed by atoms with van der Waals surface area (Å²) < 4.78 is 0. The minimum atomic E-state index is -0.218. The summed E-state index contributed by atoms with van der Waals surface area (Å²) >= 11 is 0. The SMILES string of the molecule is N/N=C/c1cc(=O)[nH]cn1. The second-order valence-electron chi connectivity index (χ2n) is 1.61. The molecule has 0 radical (unpaired) electrons. The molecule has 0 spiro atoms. The molecule has 0 saturated carbocycles. The first-order valence-corrected chi connectivity index (χ1v) is 2.61. The summed E-state index contributed by atoms with van der Waals surface area (Å²) in [4.78, 5) is 16.7. The second-order valence-corrected chi connectivity index (χ2v) is 1.61. The molecule has 0 amide bonds. The van der Waals surface area contributed by atoms with Crippen LogP contribution in [-0.4, -0.2) is 16.2 Å². The van der Waals surface area contributed by atoms with Gasteiger partial charge in [-0.3, -0.25) is 4.79 Å². The molecule has 10 heavy (non-hydrogen) atoms. The first-order valence-electron chi connectivity index (χ1n) is 2.61. The summed E-state index contributed by atoms with van der Waals surface area (Å²) in [6.07, 6.45) is 2.59. The van der Waals surface area contributed by atoms with Crippen molar-refractivity contribution in [1.29, 1.82) is 0 Å². The van der Waals surface area contributed by atoms with E-state index < -0.39 is 0 Å². The van der Waals surface area contributed by atoms with Gasteiger partial charge in [0.1, 0.15) is 0 Å². The van der Waals surface area contributed by atoms with E-state index in [-0.39, 0.29) is 5.56 Å². The average molecular weight is 138 g/mol. The fraction of sp³-hybridized carbons (Fsp3) is 0. The molecule has 52 valence electrons. The van der Waals surface area contributed by atoms with E-state index in [0.717, 1.165) is 0 Å². The van der Waals surface area contributed by atoms with Gasteiger partial charge < -0.3 is 10.8 Å². The van der Waals surface area contributed by atoms with Crippen LogP contribution >= 0.6 is 0 Å². The van der Waals surface area contributed by atoms with Crippen molar-refractivity contribution in [3.05, 3.63) is 28.4 Å². The molecule has 0 aliphatic heterocycles. The predicted molar refractivity (Wildman–Crippen MR) is 36.6 cm³/mol. The van der Waals surface area contributed by atoms with Gasteiger partial charge in [-0.25, -0.2) is 4.98 Å². The third-order valence-corrected chi connectivity index (χ3v) is 0.906. The lowest BCUT2D eigenvalue weighted by Crippen LogP contribution is -2.06. The summed E-state index contributed by atoms with van der Waals surface area (Å²) in [5.74, 6) is 4.83. The van der Waals surface area contributed by atoms with E-state index >= 15 is 0 Å². The van der Waals surface area contributed by atoms with Gasteiger partial charge in [-0.2, -0.15) is 5.10 Å². The van der Waals surface area contributed by atoms with Gasteiger partial charge in [-0.15, -0.1) is 0 Å². The first-order chi connectivity index (χ1) is 4.83. The molecular formula is C5H6N4O. The van der Waals surface area contributed by atoms with Gasteiger partial charge in [0, 0.05) is 6.07 Å². The zero-order valence-corrected chi connectivity index (χ0v) is 5.11. The van der Waals surface area contributed by atoms with Crippen molar-refractivity contribution in [3.63, 3.8) is 0 Å². The highest BCUT2D eigenvalue weighted by Gasteiger charge is 1.87. The Labute approximate surface area is 56.6 Å². The van der Waals surface area contributed by atoms with Gasteiger partial charge in [0.15, 0.2) is 0 Å². The number of hydrazone groups is 1. The molecule has 1 heterocycles. The molecule has 5 nitrogen and oxygen atoms in total. The van der Waals surface area contributed by atoms with Crippen LogP contribution in [0.3, 0.4) is 0 Å². The lowest BCUT2D eigenvalue weighted by molar-refractivity contribution is 1.10. The van der Waals surface area contributed by atoms with Crippen molar-refractivity contribution in [2.45, 2.75) is 0 Å². The largest absolute Gasteiger partial charge is 0.323 e. The summed E-state index contributed by atoms with van der Waals surface area (Å²) in [7, 11) is 0. The number of hydrogen-bond donors (Lipinski definition) is 2. The summed E-state index contributed by atoms with van der Waals surface area (Å²) in [6.45, 7) is 0. The minimum absolute atomic E-state index is 0.218. The van der Waals surface area contributed by atoms with Gasteiger partial charge in [0.05, 0.1) is 18.2 Å². The molecule has 1 aromatic heterocycles. The molecule has 0 bridgehead atoms. The zero-order valence-electron chi connectivity index (χ0n) is 5.11. The predicted octanol–water partition coefficient (Wildman–Crippen LogP) is -0.938. The van der Waals surface area contributed by atoms with Crippen molar-refractivity contribution in [2.24, 2.45) is 10.9 Å². The molecule has 0 unspecified atom stereocenters. The quantitative estimate of drug-likeness (QED) is 0.298. The Bertz CT molecular complexity index is 290. The lowest BCUT2D eigenvalue weighted by atomic mass is 10.4. The Morgan fingerprint density at radius 3 is 3.20 bits per heavy atom. The molecule has 0 aliphatic carbocycles. The topological polar surface area (TPSA) is 84.1 Å². The van der Waals surface area contributed by atoms with E-state index in [0.29, 0.717) is 5.69 Å². The van der Waals surface area contributed by atoms with Gasteiger partial charge in [0.25, 0.3) is 5.56 Å². The Morgan fingerprint density at radius 1 is 1.80 bits per heavy atom. The monoisotopic (exact) mass is 138 g/mol. The molecule has 3 N–H and O–H groups in total. The standard InChI is InChI=1S/C5H6N4O/c6-9-2-4-1-5(10)8-3-7-4/h1-3H,6H2,(H,7,8,10)/b9-2+. The highest BCUT2D eigenvalue weighted by atomic mass is 16.1. The molecule has 0 aromatic carbocycles. The van der Waals surface area contributed by atoms with E-state index in [9.17, 15) is 4.79 Å². The molecule has 0 fully saturated rings. The number of nitrogens with one attached hydrogen (secondary N) is 1. The fourth-order valence-electron chi connectivity index (χ4n) is 0.531. The number of aromatic amines is 1. The summed E-state index contributed by atoms with van der Waals surface area (Å²) in [5, 5.41) is 3.21. The zero-order chi connectivity index (χ0) is 7.40. The van der Waals surface area contributed by atoms with Crippen LogP contribution in [0.4, 0.5) is 0 Å². The van der Waals surface area contributed by atoms with Gasteiger partial charge in [0.2, 0.25) is 0 Å². The molecule has 0 atom stereocenters. The van der Waals surface area contributed by atoms with Crippen molar-refractivity contribution >= 4 is 6.21 Å². The van der Waals surface area contributed by atoms with Crippen LogP contribution < -0.4 is 11.4 Å². The van der Waals surface area contributed by atoms with Crippen LogP contribution in [0.1, 0.15) is 5.69 Å². The van der Waals surface area contributed by atoms with Crippen LogP contribution in [-0.2, 0) is 0 Å². The molecule has 0 aliphatic rings. The highest BCUT2D eigenvalue weighted by Crippen LogP contribution is 1.77. The smallest absolute Gasteiger partial charge is 0.251 e. The van der Waals surface area contributed by atoms with Crippen LogP contribution in [0.5, 0.6) is 0 Å². The number of hydrogen-bond acceptors (Lipinski definition) is 4. The maximum Gasteiger partial charge on any atom is 0.251 e. The van der Waals surface area contributed by atoms with E-state index in [2.05, 4.69) is 15.1 Å². The molecule has 1 aromatic rings. The van der Waals surface area contributed by atoms with Crippen molar-refractivity contribution in [3.8, 4) is 0 Å². The van der Waals surface area contributed by atoms with Crippen LogP contribution in [0.25, 0.3) is 0 Å². The Morgan fingerprint density at radius 2 is 2.60 bits per heavy atom.